The third-order valence-corrected chi connectivity index (χ3v) is 4.85. The molecule has 1 aromatic heterocycles. The standard InChI is InChI=1S/C17H21NOS/c1-18-10-5-12-19-17(14-6-3-2-4-7-14)15-9-13-20-16(15)8-11-18/h2-4,6-7,9,13,17H,5,8,10-12H2,1H3/t17-/m0/s1. The smallest absolute Gasteiger partial charge is 0.109 e. The minimum atomic E-state index is 0.0980. The average molecular weight is 287 g/mol. The minimum absolute atomic E-state index is 0.0980. The molecule has 1 atom stereocenters. The second-order valence-corrected chi connectivity index (χ2v) is 6.37. The predicted molar refractivity (Wildman–Crippen MR) is 84.4 cm³/mol. The van der Waals surface area contributed by atoms with Gasteiger partial charge in [-0.2, -0.15) is 0 Å². The molecule has 0 spiro atoms. The van der Waals surface area contributed by atoms with E-state index in [0.29, 0.717) is 0 Å². The van der Waals surface area contributed by atoms with Crippen LogP contribution in [-0.4, -0.2) is 31.6 Å². The lowest BCUT2D eigenvalue weighted by Crippen LogP contribution is -2.25. The molecule has 2 aromatic rings. The molecule has 0 fully saturated rings. The van der Waals surface area contributed by atoms with Crippen LogP contribution in [0.25, 0.3) is 0 Å². The van der Waals surface area contributed by atoms with Gasteiger partial charge in [0.05, 0.1) is 0 Å². The number of likely N-dealkylation sites (N-methyl/N-ethyl adjacent to an activating group) is 1. The first-order chi connectivity index (χ1) is 9.84. The van der Waals surface area contributed by atoms with E-state index >= 15 is 0 Å². The molecule has 20 heavy (non-hydrogen) atoms. The lowest BCUT2D eigenvalue weighted by Gasteiger charge is -2.24. The van der Waals surface area contributed by atoms with Crippen LogP contribution in [0.2, 0.25) is 0 Å². The SMILES string of the molecule is CN1CCCO[C@@H](c2ccccc2)c2ccsc2CC1. The number of ether oxygens (including phenoxy) is 1. The number of rotatable bonds is 1. The van der Waals surface area contributed by atoms with Gasteiger partial charge in [0.15, 0.2) is 0 Å². The highest BCUT2D eigenvalue weighted by Crippen LogP contribution is 2.32. The average Bonchev–Trinajstić information content (AvgIpc) is 2.94. The monoisotopic (exact) mass is 287 g/mol. The summed E-state index contributed by atoms with van der Waals surface area (Å²) in [5, 5.41) is 2.20. The van der Waals surface area contributed by atoms with Crippen LogP contribution in [0.3, 0.4) is 0 Å². The van der Waals surface area contributed by atoms with Crippen molar-refractivity contribution in [3.8, 4) is 0 Å². The summed E-state index contributed by atoms with van der Waals surface area (Å²) in [5.74, 6) is 0. The summed E-state index contributed by atoms with van der Waals surface area (Å²) in [6.45, 7) is 3.07. The Bertz CT molecular complexity index is 537. The number of nitrogens with zero attached hydrogens (tertiary/aromatic N) is 1. The van der Waals surface area contributed by atoms with Crippen molar-refractivity contribution in [2.45, 2.75) is 18.9 Å². The Labute approximate surface area is 125 Å². The van der Waals surface area contributed by atoms with E-state index in [1.54, 1.807) is 0 Å². The molecule has 3 heteroatoms. The van der Waals surface area contributed by atoms with Crippen molar-refractivity contribution in [1.29, 1.82) is 0 Å². The van der Waals surface area contributed by atoms with Gasteiger partial charge in [0.2, 0.25) is 0 Å². The maximum atomic E-state index is 6.22. The van der Waals surface area contributed by atoms with E-state index in [9.17, 15) is 0 Å². The molecular formula is C17H21NOS. The van der Waals surface area contributed by atoms with Gasteiger partial charge in [-0.1, -0.05) is 30.3 Å². The maximum Gasteiger partial charge on any atom is 0.109 e. The normalized spacial score (nSPS) is 21.4. The minimum Gasteiger partial charge on any atom is -0.369 e. The van der Waals surface area contributed by atoms with Gasteiger partial charge in [-0.05, 0) is 42.5 Å². The predicted octanol–water partition coefficient (Wildman–Crippen LogP) is 3.73. The molecule has 0 unspecified atom stereocenters. The van der Waals surface area contributed by atoms with Crippen LogP contribution in [0.15, 0.2) is 41.8 Å². The highest BCUT2D eigenvalue weighted by molar-refractivity contribution is 7.10. The third kappa shape index (κ3) is 3.11. The largest absolute Gasteiger partial charge is 0.369 e. The van der Waals surface area contributed by atoms with E-state index < -0.39 is 0 Å². The Morgan fingerprint density at radius 1 is 1.15 bits per heavy atom. The molecule has 3 rings (SSSR count). The first kappa shape index (κ1) is 13.8. The molecule has 106 valence electrons. The van der Waals surface area contributed by atoms with E-state index in [1.807, 2.05) is 11.3 Å². The summed E-state index contributed by atoms with van der Waals surface area (Å²) in [7, 11) is 2.20. The summed E-state index contributed by atoms with van der Waals surface area (Å²) in [5.41, 5.74) is 2.62. The first-order valence-corrected chi connectivity index (χ1v) is 8.14. The highest BCUT2D eigenvalue weighted by Gasteiger charge is 2.20. The van der Waals surface area contributed by atoms with Crippen molar-refractivity contribution < 1.29 is 4.74 Å². The maximum absolute atomic E-state index is 6.22. The van der Waals surface area contributed by atoms with Crippen molar-refractivity contribution in [3.63, 3.8) is 0 Å². The fourth-order valence-electron chi connectivity index (χ4n) is 2.72. The summed E-state index contributed by atoms with van der Waals surface area (Å²) >= 11 is 1.86. The van der Waals surface area contributed by atoms with Crippen LogP contribution in [-0.2, 0) is 11.2 Å². The molecule has 0 saturated carbocycles. The number of hydrogen-bond acceptors (Lipinski definition) is 3. The molecule has 0 bridgehead atoms. The van der Waals surface area contributed by atoms with E-state index in [4.69, 9.17) is 4.74 Å². The zero-order chi connectivity index (χ0) is 13.8. The second kappa shape index (κ2) is 6.53. The molecule has 0 aliphatic carbocycles. The second-order valence-electron chi connectivity index (χ2n) is 5.37. The Hall–Kier alpha value is -1.16. The fraction of sp³-hybridized carbons (Fsp3) is 0.412. The Morgan fingerprint density at radius 2 is 2.00 bits per heavy atom. The van der Waals surface area contributed by atoms with Crippen LogP contribution in [0.4, 0.5) is 0 Å². The Balaban J connectivity index is 1.92. The fourth-order valence-corrected chi connectivity index (χ4v) is 3.62. The van der Waals surface area contributed by atoms with Gasteiger partial charge in [0.1, 0.15) is 6.10 Å². The highest BCUT2D eigenvalue weighted by atomic mass is 32.1. The van der Waals surface area contributed by atoms with Gasteiger partial charge < -0.3 is 9.64 Å². The molecule has 0 amide bonds. The zero-order valence-corrected chi connectivity index (χ0v) is 12.7. The van der Waals surface area contributed by atoms with Gasteiger partial charge in [-0.15, -0.1) is 11.3 Å². The van der Waals surface area contributed by atoms with Crippen molar-refractivity contribution in [3.05, 3.63) is 57.8 Å². The summed E-state index contributed by atoms with van der Waals surface area (Å²) in [6, 6.07) is 12.8. The molecule has 1 aromatic carbocycles. The van der Waals surface area contributed by atoms with E-state index in [1.165, 1.54) is 16.0 Å². The lowest BCUT2D eigenvalue weighted by atomic mass is 10.0. The Morgan fingerprint density at radius 3 is 2.85 bits per heavy atom. The van der Waals surface area contributed by atoms with E-state index in [2.05, 4.69) is 53.7 Å². The van der Waals surface area contributed by atoms with Crippen molar-refractivity contribution >= 4 is 11.3 Å². The molecule has 2 heterocycles. The number of thiophene rings is 1. The molecule has 0 radical (unpaired) electrons. The summed E-state index contributed by atoms with van der Waals surface area (Å²) in [4.78, 5) is 3.86. The van der Waals surface area contributed by atoms with Crippen molar-refractivity contribution in [1.82, 2.24) is 4.90 Å². The summed E-state index contributed by atoms with van der Waals surface area (Å²) in [6.07, 6.45) is 2.32. The molecule has 0 N–H and O–H groups in total. The molecule has 2 nitrogen and oxygen atoms in total. The van der Waals surface area contributed by atoms with E-state index in [0.717, 1.165) is 32.5 Å². The van der Waals surface area contributed by atoms with Crippen LogP contribution in [0.5, 0.6) is 0 Å². The van der Waals surface area contributed by atoms with Crippen LogP contribution < -0.4 is 0 Å². The zero-order valence-electron chi connectivity index (χ0n) is 11.9. The van der Waals surface area contributed by atoms with Crippen LogP contribution in [0, 0.1) is 0 Å². The molecule has 0 saturated heterocycles. The molecule has 1 aliphatic rings. The Kier molecular flexibility index (Phi) is 4.51. The van der Waals surface area contributed by atoms with Gasteiger partial charge in [0.25, 0.3) is 0 Å². The van der Waals surface area contributed by atoms with Crippen molar-refractivity contribution in [2.75, 3.05) is 26.7 Å². The van der Waals surface area contributed by atoms with Gasteiger partial charge in [0, 0.05) is 24.6 Å². The van der Waals surface area contributed by atoms with Gasteiger partial charge in [-0.25, -0.2) is 0 Å². The first-order valence-electron chi connectivity index (χ1n) is 7.26. The van der Waals surface area contributed by atoms with E-state index in [-0.39, 0.29) is 6.10 Å². The molecular weight excluding hydrogens is 266 g/mol. The van der Waals surface area contributed by atoms with Gasteiger partial charge >= 0.3 is 0 Å². The number of hydrogen-bond donors (Lipinski definition) is 0. The number of benzene rings is 1. The third-order valence-electron chi connectivity index (χ3n) is 3.85. The van der Waals surface area contributed by atoms with Gasteiger partial charge in [-0.3, -0.25) is 0 Å². The topological polar surface area (TPSA) is 12.5 Å². The molecule has 1 aliphatic heterocycles. The quantitative estimate of drug-likeness (QED) is 0.792. The van der Waals surface area contributed by atoms with Crippen LogP contribution >= 0.6 is 11.3 Å². The van der Waals surface area contributed by atoms with Crippen LogP contribution in [0.1, 0.15) is 28.5 Å². The number of fused-ring (bicyclic) bond motifs is 1. The summed E-state index contributed by atoms with van der Waals surface area (Å²) < 4.78 is 6.22. The van der Waals surface area contributed by atoms with Crippen molar-refractivity contribution in [2.24, 2.45) is 0 Å². The lowest BCUT2D eigenvalue weighted by molar-refractivity contribution is 0.0711.